The van der Waals surface area contributed by atoms with E-state index in [0.717, 1.165) is 0 Å². The zero-order valence-corrected chi connectivity index (χ0v) is 17.1. The third-order valence-electron chi connectivity index (χ3n) is 4.79. The zero-order valence-electron chi connectivity index (χ0n) is 16.3. The Balaban J connectivity index is 1.67. The highest BCUT2D eigenvalue weighted by Crippen LogP contribution is 2.27. The van der Waals surface area contributed by atoms with Crippen molar-refractivity contribution in [2.45, 2.75) is 0 Å². The summed E-state index contributed by atoms with van der Waals surface area (Å²) in [5.41, 5.74) is 1.31. The minimum Gasteiger partial charge on any atom is -0.478 e. The Bertz CT molecular complexity index is 1230. The highest BCUT2D eigenvalue weighted by Gasteiger charge is 2.38. The van der Waals surface area contributed by atoms with E-state index in [2.05, 4.69) is 0 Å². The first kappa shape index (κ1) is 20.2. The van der Waals surface area contributed by atoms with Gasteiger partial charge in [0.2, 0.25) is 0 Å². The molecule has 8 heteroatoms. The number of carboxylic acid groups (broad SMARTS) is 1. The summed E-state index contributed by atoms with van der Waals surface area (Å²) in [5.74, 6) is -1.30. The van der Waals surface area contributed by atoms with Crippen LogP contribution < -0.4 is 4.90 Å². The van der Waals surface area contributed by atoms with Gasteiger partial charge in [-0.15, -0.1) is 0 Å². The van der Waals surface area contributed by atoms with Gasteiger partial charge in [-0.25, -0.2) is 4.79 Å². The quantitative estimate of drug-likeness (QED) is 0.383. The van der Waals surface area contributed by atoms with Crippen LogP contribution in [0.4, 0.5) is 5.69 Å². The molecular formula is C23H16N2O5S. The lowest BCUT2D eigenvalue weighted by atomic mass is 10.1. The predicted octanol–water partition coefficient (Wildman–Crippen LogP) is 3.82. The van der Waals surface area contributed by atoms with Crippen LogP contribution in [0.1, 0.15) is 16.1 Å². The molecule has 1 saturated heterocycles. The van der Waals surface area contributed by atoms with Crippen LogP contribution in [0.5, 0.6) is 0 Å². The SMILES string of the molecule is CN1C(=O)/C(=C\c2ccc(-c3ccc(C(=O)O)cc3)o2)C(=O)N(c2ccccc2)C1=S. The number of benzene rings is 2. The third-order valence-corrected chi connectivity index (χ3v) is 5.25. The number of thiocarbonyl (C=S) groups is 1. The Morgan fingerprint density at radius 2 is 1.65 bits per heavy atom. The lowest BCUT2D eigenvalue weighted by Gasteiger charge is -2.34. The van der Waals surface area contributed by atoms with E-state index in [0.29, 0.717) is 22.8 Å². The number of rotatable bonds is 4. The maximum Gasteiger partial charge on any atom is 0.335 e. The molecule has 0 spiro atoms. The lowest BCUT2D eigenvalue weighted by molar-refractivity contribution is -0.127. The molecule has 2 heterocycles. The molecule has 4 rings (SSSR count). The van der Waals surface area contributed by atoms with Gasteiger partial charge in [0, 0.05) is 12.6 Å². The van der Waals surface area contributed by atoms with E-state index in [4.69, 9.17) is 21.7 Å². The number of aromatic carboxylic acids is 1. The summed E-state index contributed by atoms with van der Waals surface area (Å²) in [7, 11) is 1.51. The van der Waals surface area contributed by atoms with Crippen LogP contribution >= 0.6 is 12.2 Å². The molecule has 1 aliphatic heterocycles. The Kier molecular flexibility index (Phi) is 5.22. The molecule has 0 unspecified atom stereocenters. The Morgan fingerprint density at radius 1 is 0.968 bits per heavy atom. The minimum absolute atomic E-state index is 0.0814. The number of carbonyl (C=O) groups is 3. The third kappa shape index (κ3) is 3.76. The first-order valence-electron chi connectivity index (χ1n) is 9.23. The van der Waals surface area contributed by atoms with Gasteiger partial charge in [-0.1, -0.05) is 30.3 Å². The highest BCUT2D eigenvalue weighted by molar-refractivity contribution is 7.80. The summed E-state index contributed by atoms with van der Waals surface area (Å²) in [4.78, 5) is 39.4. The second kappa shape index (κ2) is 8.00. The summed E-state index contributed by atoms with van der Waals surface area (Å²) in [6.07, 6.45) is 1.38. The second-order valence-electron chi connectivity index (χ2n) is 6.77. The van der Waals surface area contributed by atoms with Gasteiger partial charge in [0.1, 0.15) is 17.1 Å². The molecule has 0 atom stereocenters. The number of carbonyl (C=O) groups excluding carboxylic acids is 2. The van der Waals surface area contributed by atoms with E-state index in [1.807, 2.05) is 6.07 Å². The molecule has 0 aliphatic carbocycles. The average molecular weight is 432 g/mol. The van der Waals surface area contributed by atoms with Crippen molar-refractivity contribution in [1.82, 2.24) is 4.90 Å². The number of carboxylic acids is 1. The van der Waals surface area contributed by atoms with Crippen LogP contribution in [0.25, 0.3) is 17.4 Å². The van der Waals surface area contributed by atoms with Crippen molar-refractivity contribution in [3.63, 3.8) is 0 Å². The first-order chi connectivity index (χ1) is 14.9. The molecule has 7 nitrogen and oxygen atoms in total. The number of anilines is 1. The van der Waals surface area contributed by atoms with Gasteiger partial charge >= 0.3 is 5.97 Å². The van der Waals surface area contributed by atoms with Crippen molar-refractivity contribution in [2.24, 2.45) is 0 Å². The van der Waals surface area contributed by atoms with Gasteiger partial charge in [0.25, 0.3) is 11.8 Å². The fourth-order valence-electron chi connectivity index (χ4n) is 3.15. The largest absolute Gasteiger partial charge is 0.478 e. The standard InChI is InChI=1S/C23H16N2O5S/c1-24-20(26)18(21(27)25(23(24)31)16-5-3-2-4-6-16)13-17-11-12-19(30-17)14-7-9-15(10-8-14)22(28)29/h2-13H,1H3,(H,28,29)/b18-13+. The van der Waals surface area contributed by atoms with Crippen LogP contribution in [0, 0.1) is 0 Å². The number of hydrogen-bond donors (Lipinski definition) is 1. The number of hydrogen-bond acceptors (Lipinski definition) is 5. The van der Waals surface area contributed by atoms with Crippen molar-refractivity contribution in [1.29, 1.82) is 0 Å². The number of para-hydroxylation sites is 1. The van der Waals surface area contributed by atoms with Crippen LogP contribution in [0.2, 0.25) is 0 Å². The average Bonchev–Trinajstić information content (AvgIpc) is 3.25. The highest BCUT2D eigenvalue weighted by atomic mass is 32.1. The van der Waals surface area contributed by atoms with Gasteiger partial charge in [0.05, 0.1) is 11.3 Å². The predicted molar refractivity (Wildman–Crippen MR) is 118 cm³/mol. The molecule has 2 amide bonds. The number of furan rings is 1. The van der Waals surface area contributed by atoms with Gasteiger partial charge in [-0.2, -0.15) is 0 Å². The Labute approximate surface area is 182 Å². The summed E-state index contributed by atoms with van der Waals surface area (Å²) in [5, 5.41) is 9.11. The molecule has 1 aromatic heterocycles. The number of amides is 2. The van der Waals surface area contributed by atoms with Crippen molar-refractivity contribution >= 4 is 46.9 Å². The van der Waals surface area contributed by atoms with Crippen LogP contribution in [0.15, 0.2) is 76.7 Å². The van der Waals surface area contributed by atoms with E-state index in [9.17, 15) is 14.4 Å². The maximum absolute atomic E-state index is 13.1. The first-order valence-corrected chi connectivity index (χ1v) is 9.64. The lowest BCUT2D eigenvalue weighted by Crippen LogP contribution is -2.54. The molecule has 0 bridgehead atoms. The van der Waals surface area contributed by atoms with Crippen molar-refractivity contribution in [2.75, 3.05) is 11.9 Å². The summed E-state index contributed by atoms with van der Waals surface area (Å²) >= 11 is 5.32. The smallest absolute Gasteiger partial charge is 0.335 e. The van der Waals surface area contributed by atoms with E-state index >= 15 is 0 Å². The number of likely N-dealkylation sites (N-methyl/N-ethyl adjacent to an activating group) is 1. The zero-order chi connectivity index (χ0) is 22.1. The van der Waals surface area contributed by atoms with E-state index in [1.165, 1.54) is 35.1 Å². The molecule has 1 N–H and O–H groups in total. The van der Waals surface area contributed by atoms with Crippen molar-refractivity contribution in [3.8, 4) is 11.3 Å². The van der Waals surface area contributed by atoms with Crippen molar-refractivity contribution in [3.05, 3.63) is 83.6 Å². The summed E-state index contributed by atoms with van der Waals surface area (Å²) < 4.78 is 5.77. The Hall–Kier alpha value is -4.04. The van der Waals surface area contributed by atoms with Gasteiger partial charge in [-0.05, 0) is 54.7 Å². The fourth-order valence-corrected chi connectivity index (χ4v) is 3.42. The van der Waals surface area contributed by atoms with Crippen molar-refractivity contribution < 1.29 is 23.9 Å². The van der Waals surface area contributed by atoms with Crippen LogP contribution in [0.3, 0.4) is 0 Å². The van der Waals surface area contributed by atoms with E-state index in [-0.39, 0.29) is 16.2 Å². The molecule has 1 aliphatic rings. The summed E-state index contributed by atoms with van der Waals surface area (Å²) in [6, 6.07) is 18.4. The molecule has 1 fully saturated rings. The van der Waals surface area contributed by atoms with Crippen LogP contribution in [-0.4, -0.2) is 40.0 Å². The minimum atomic E-state index is -1.02. The fraction of sp³-hybridized carbons (Fsp3) is 0.0435. The second-order valence-corrected chi connectivity index (χ2v) is 7.13. The molecule has 0 saturated carbocycles. The molecule has 0 radical (unpaired) electrons. The molecule has 31 heavy (non-hydrogen) atoms. The van der Waals surface area contributed by atoms with Gasteiger partial charge in [0.15, 0.2) is 5.11 Å². The monoisotopic (exact) mass is 432 g/mol. The van der Waals surface area contributed by atoms with Crippen LogP contribution in [-0.2, 0) is 9.59 Å². The molecule has 154 valence electrons. The van der Waals surface area contributed by atoms with E-state index in [1.54, 1.807) is 48.5 Å². The topological polar surface area (TPSA) is 91.1 Å². The molecular weight excluding hydrogens is 416 g/mol. The summed E-state index contributed by atoms with van der Waals surface area (Å²) in [6.45, 7) is 0. The molecule has 3 aromatic rings. The normalized spacial score (nSPS) is 15.6. The van der Waals surface area contributed by atoms with Gasteiger partial charge in [-0.3, -0.25) is 19.4 Å². The van der Waals surface area contributed by atoms with E-state index < -0.39 is 17.8 Å². The van der Waals surface area contributed by atoms with Gasteiger partial charge < -0.3 is 9.52 Å². The Morgan fingerprint density at radius 3 is 2.29 bits per heavy atom. The molecule has 2 aromatic carbocycles. The maximum atomic E-state index is 13.1. The number of nitrogens with zero attached hydrogens (tertiary/aromatic N) is 2.